The van der Waals surface area contributed by atoms with E-state index in [1.807, 2.05) is 0 Å². The zero-order valence-electron chi connectivity index (χ0n) is 12.7. The van der Waals surface area contributed by atoms with Crippen LogP contribution in [0.1, 0.15) is 56.8 Å². The van der Waals surface area contributed by atoms with Gasteiger partial charge in [-0.3, -0.25) is 9.78 Å². The highest BCUT2D eigenvalue weighted by molar-refractivity contribution is 5.99. The molecule has 0 aromatic carbocycles. The standard InChI is InChI=1S/C16H25N3O/c1-4-8-18-14-11-17-9-6-13(14)15(20)19-12-5-7-16(2,3)10-12/h6,9,11-12,18H,4-5,7-8,10H2,1-3H3,(H,19,20). The van der Waals surface area contributed by atoms with Gasteiger partial charge in [0.15, 0.2) is 0 Å². The maximum absolute atomic E-state index is 12.4. The highest BCUT2D eigenvalue weighted by Gasteiger charge is 2.32. The number of rotatable bonds is 5. The molecule has 1 unspecified atom stereocenters. The molecular formula is C16H25N3O. The number of aromatic nitrogens is 1. The zero-order chi connectivity index (χ0) is 14.6. The van der Waals surface area contributed by atoms with Crippen molar-refractivity contribution in [2.24, 2.45) is 5.41 Å². The topological polar surface area (TPSA) is 54.0 Å². The smallest absolute Gasteiger partial charge is 0.253 e. The second kappa shape index (κ2) is 6.25. The molecule has 4 nitrogen and oxygen atoms in total. The van der Waals surface area contributed by atoms with Crippen LogP contribution in [0, 0.1) is 5.41 Å². The molecule has 1 atom stereocenters. The van der Waals surface area contributed by atoms with Crippen LogP contribution in [0.25, 0.3) is 0 Å². The molecule has 0 aliphatic heterocycles. The molecule has 0 saturated heterocycles. The van der Waals surface area contributed by atoms with Crippen LogP contribution in [-0.4, -0.2) is 23.5 Å². The predicted molar refractivity (Wildman–Crippen MR) is 81.9 cm³/mol. The number of anilines is 1. The minimum absolute atomic E-state index is 0.00806. The molecule has 20 heavy (non-hydrogen) atoms. The third-order valence-corrected chi connectivity index (χ3v) is 3.93. The van der Waals surface area contributed by atoms with Crippen molar-refractivity contribution < 1.29 is 4.79 Å². The van der Waals surface area contributed by atoms with E-state index in [9.17, 15) is 4.79 Å². The van der Waals surface area contributed by atoms with Crippen LogP contribution >= 0.6 is 0 Å². The molecule has 1 amide bonds. The third-order valence-electron chi connectivity index (χ3n) is 3.93. The van der Waals surface area contributed by atoms with Crippen molar-refractivity contribution in [2.75, 3.05) is 11.9 Å². The second-order valence-corrected chi connectivity index (χ2v) is 6.43. The molecule has 1 fully saturated rings. The van der Waals surface area contributed by atoms with Gasteiger partial charge in [0.25, 0.3) is 5.91 Å². The van der Waals surface area contributed by atoms with Gasteiger partial charge in [-0.1, -0.05) is 20.8 Å². The van der Waals surface area contributed by atoms with E-state index in [2.05, 4.69) is 36.4 Å². The number of hydrogen-bond acceptors (Lipinski definition) is 3. The molecule has 2 rings (SSSR count). The Bertz CT molecular complexity index is 471. The normalized spacial score (nSPS) is 20.6. The largest absolute Gasteiger partial charge is 0.383 e. The van der Waals surface area contributed by atoms with Crippen molar-refractivity contribution in [3.63, 3.8) is 0 Å². The summed E-state index contributed by atoms with van der Waals surface area (Å²) in [5.74, 6) is 0.00806. The van der Waals surface area contributed by atoms with E-state index in [4.69, 9.17) is 0 Å². The summed E-state index contributed by atoms with van der Waals surface area (Å²) >= 11 is 0. The summed E-state index contributed by atoms with van der Waals surface area (Å²) in [6, 6.07) is 2.08. The predicted octanol–water partition coefficient (Wildman–Crippen LogP) is 3.21. The van der Waals surface area contributed by atoms with Gasteiger partial charge >= 0.3 is 0 Å². The van der Waals surface area contributed by atoms with Crippen LogP contribution in [0.5, 0.6) is 0 Å². The van der Waals surface area contributed by atoms with Crippen molar-refractivity contribution in [3.05, 3.63) is 24.0 Å². The Morgan fingerprint density at radius 1 is 1.50 bits per heavy atom. The fraction of sp³-hybridized carbons (Fsp3) is 0.625. The fourth-order valence-electron chi connectivity index (χ4n) is 2.82. The molecule has 1 aliphatic rings. The van der Waals surface area contributed by atoms with Crippen LogP contribution in [0.3, 0.4) is 0 Å². The lowest BCUT2D eigenvalue weighted by Crippen LogP contribution is -2.34. The molecule has 0 spiro atoms. The van der Waals surface area contributed by atoms with Gasteiger partial charge in [0.2, 0.25) is 0 Å². The van der Waals surface area contributed by atoms with Crippen molar-refractivity contribution in [1.29, 1.82) is 0 Å². The molecule has 1 aromatic rings. The molecule has 0 bridgehead atoms. The number of hydrogen-bond donors (Lipinski definition) is 2. The maximum Gasteiger partial charge on any atom is 0.253 e. The Labute approximate surface area is 121 Å². The molecule has 1 aromatic heterocycles. The lowest BCUT2D eigenvalue weighted by molar-refractivity contribution is 0.0936. The van der Waals surface area contributed by atoms with Gasteiger partial charge in [-0.2, -0.15) is 0 Å². The monoisotopic (exact) mass is 275 g/mol. The molecule has 1 saturated carbocycles. The van der Waals surface area contributed by atoms with Crippen LogP contribution in [0.2, 0.25) is 0 Å². The summed E-state index contributed by atoms with van der Waals surface area (Å²) in [7, 11) is 0. The van der Waals surface area contributed by atoms with E-state index in [1.165, 1.54) is 6.42 Å². The van der Waals surface area contributed by atoms with Crippen LogP contribution in [0.15, 0.2) is 18.5 Å². The molecule has 0 radical (unpaired) electrons. The summed E-state index contributed by atoms with van der Waals surface area (Å²) in [4.78, 5) is 16.5. The summed E-state index contributed by atoms with van der Waals surface area (Å²) in [6.45, 7) is 7.48. The molecule has 1 aliphatic carbocycles. The minimum atomic E-state index is 0.00806. The summed E-state index contributed by atoms with van der Waals surface area (Å²) < 4.78 is 0. The van der Waals surface area contributed by atoms with Crippen molar-refractivity contribution in [1.82, 2.24) is 10.3 Å². The number of pyridine rings is 1. The van der Waals surface area contributed by atoms with E-state index < -0.39 is 0 Å². The molecule has 1 heterocycles. The van der Waals surface area contributed by atoms with Crippen molar-refractivity contribution in [3.8, 4) is 0 Å². The van der Waals surface area contributed by atoms with Crippen LogP contribution in [-0.2, 0) is 0 Å². The van der Waals surface area contributed by atoms with Gasteiger partial charge in [0.1, 0.15) is 0 Å². The molecule has 4 heteroatoms. The van der Waals surface area contributed by atoms with E-state index in [0.29, 0.717) is 17.0 Å². The quantitative estimate of drug-likeness (QED) is 0.867. The fourth-order valence-corrected chi connectivity index (χ4v) is 2.82. The molecule has 110 valence electrons. The molecular weight excluding hydrogens is 250 g/mol. The van der Waals surface area contributed by atoms with Gasteiger partial charge in [0, 0.05) is 18.8 Å². The lowest BCUT2D eigenvalue weighted by Gasteiger charge is -2.18. The Morgan fingerprint density at radius 3 is 2.95 bits per heavy atom. The van der Waals surface area contributed by atoms with Crippen molar-refractivity contribution in [2.45, 2.75) is 52.5 Å². The van der Waals surface area contributed by atoms with Gasteiger partial charge in [-0.15, -0.1) is 0 Å². The summed E-state index contributed by atoms with van der Waals surface area (Å²) in [5.41, 5.74) is 1.86. The Kier molecular flexibility index (Phi) is 4.63. The van der Waals surface area contributed by atoms with Crippen molar-refractivity contribution >= 4 is 11.6 Å². The highest BCUT2D eigenvalue weighted by atomic mass is 16.1. The number of nitrogens with one attached hydrogen (secondary N) is 2. The Balaban J connectivity index is 2.02. The number of nitrogens with zero attached hydrogens (tertiary/aromatic N) is 1. The first-order valence-corrected chi connectivity index (χ1v) is 7.50. The average molecular weight is 275 g/mol. The zero-order valence-corrected chi connectivity index (χ0v) is 12.7. The van der Waals surface area contributed by atoms with Crippen LogP contribution < -0.4 is 10.6 Å². The highest BCUT2D eigenvalue weighted by Crippen LogP contribution is 2.37. The SMILES string of the molecule is CCCNc1cnccc1C(=O)NC1CCC(C)(C)C1. The maximum atomic E-state index is 12.4. The van der Waals surface area contributed by atoms with Gasteiger partial charge in [-0.05, 0) is 37.2 Å². The first-order chi connectivity index (χ1) is 9.52. The van der Waals surface area contributed by atoms with Gasteiger partial charge in [0.05, 0.1) is 17.4 Å². The number of carbonyl (C=O) groups is 1. The minimum Gasteiger partial charge on any atom is -0.383 e. The van der Waals surface area contributed by atoms with E-state index >= 15 is 0 Å². The second-order valence-electron chi connectivity index (χ2n) is 6.43. The van der Waals surface area contributed by atoms with E-state index in [1.54, 1.807) is 18.5 Å². The van der Waals surface area contributed by atoms with E-state index in [0.717, 1.165) is 31.5 Å². The third kappa shape index (κ3) is 3.71. The summed E-state index contributed by atoms with van der Waals surface area (Å²) in [5, 5.41) is 6.42. The Morgan fingerprint density at radius 2 is 2.30 bits per heavy atom. The van der Waals surface area contributed by atoms with Gasteiger partial charge in [-0.25, -0.2) is 0 Å². The molecule has 2 N–H and O–H groups in total. The number of amides is 1. The number of carbonyl (C=O) groups excluding carboxylic acids is 1. The van der Waals surface area contributed by atoms with Crippen LogP contribution in [0.4, 0.5) is 5.69 Å². The first-order valence-electron chi connectivity index (χ1n) is 7.50. The lowest BCUT2D eigenvalue weighted by atomic mass is 9.92. The van der Waals surface area contributed by atoms with Gasteiger partial charge < -0.3 is 10.6 Å². The first kappa shape index (κ1) is 14.8. The summed E-state index contributed by atoms with van der Waals surface area (Å²) in [6.07, 6.45) is 7.72. The average Bonchev–Trinajstić information content (AvgIpc) is 2.76. The van der Waals surface area contributed by atoms with E-state index in [-0.39, 0.29) is 5.91 Å². The Hall–Kier alpha value is -1.58.